The first-order valence-corrected chi connectivity index (χ1v) is 25.4. The highest BCUT2D eigenvalue weighted by molar-refractivity contribution is 5.83. The van der Waals surface area contributed by atoms with Gasteiger partial charge >= 0.3 is 35.8 Å². The van der Waals surface area contributed by atoms with Gasteiger partial charge in [0.2, 0.25) is 0 Å². The molecule has 3 aromatic carbocycles. The van der Waals surface area contributed by atoms with Crippen LogP contribution in [0.25, 0.3) is 0 Å². The first-order chi connectivity index (χ1) is 37.2. The quantitative estimate of drug-likeness (QED) is 0.0297. The van der Waals surface area contributed by atoms with Crippen LogP contribution in [0.5, 0.6) is 17.2 Å². The van der Waals surface area contributed by atoms with Crippen LogP contribution in [-0.4, -0.2) is 119 Å². The van der Waals surface area contributed by atoms with Crippen LogP contribution >= 0.6 is 0 Å². The van der Waals surface area contributed by atoms with Crippen molar-refractivity contribution in [1.29, 1.82) is 0 Å². The minimum atomic E-state index is -0.843. The zero-order chi connectivity index (χ0) is 58.0. The van der Waals surface area contributed by atoms with Crippen LogP contribution in [0.3, 0.4) is 0 Å². The Labute approximate surface area is 459 Å². The van der Waals surface area contributed by atoms with Crippen molar-refractivity contribution in [2.24, 2.45) is 16.7 Å². The average Bonchev–Trinajstić information content (AvgIpc) is 4.01. The van der Waals surface area contributed by atoms with Gasteiger partial charge in [-0.15, -0.1) is 0 Å². The molecule has 0 saturated heterocycles. The van der Waals surface area contributed by atoms with Crippen molar-refractivity contribution < 1.29 is 81.2 Å². The minimum absolute atomic E-state index is 0.0778. The standard InChI is InChI=1S/C26H30O6.C13H20O2.C12H14O4.C10H14O5/c1-5-24(27)31-17-7-16-29-22-12-8-20(9-13-22)26(3,4)21-10-14-23(15-11-21)30-18-19-32-25(28)6-2;1-5-11(14)15-10-8-9-6-7-13(10,4)12(9,2)3;1-2-12(14)16-9-10(13)8-15-11-6-4-3-5-7-11;1-3-9(11)14-7-5-13-6-8-15-10(12)4-2/h5-6,8-15H,1-2,7,16-19H2,3-4H3;5,9-10H,1,6-8H2,2-4H3;2-7,10,13H,1,8-9H2;3-4H,1-2,5-8H2. The van der Waals surface area contributed by atoms with Crippen molar-refractivity contribution in [2.45, 2.75) is 77.9 Å². The Kier molecular flexibility index (Phi) is 30.2. The zero-order valence-corrected chi connectivity index (χ0v) is 45.8. The smallest absolute Gasteiger partial charge is 0.330 e. The summed E-state index contributed by atoms with van der Waals surface area (Å²) >= 11 is 0. The summed E-state index contributed by atoms with van der Waals surface area (Å²) in [7, 11) is 0. The third kappa shape index (κ3) is 23.6. The molecule has 0 aliphatic heterocycles. The summed E-state index contributed by atoms with van der Waals surface area (Å²) < 4.78 is 50.8. The van der Waals surface area contributed by atoms with E-state index in [1.807, 2.05) is 66.7 Å². The van der Waals surface area contributed by atoms with Gasteiger partial charge < -0.3 is 52.5 Å². The molecule has 2 bridgehead atoms. The summed E-state index contributed by atoms with van der Waals surface area (Å²) in [5, 5.41) is 9.42. The molecule has 0 heterocycles. The lowest BCUT2D eigenvalue weighted by Crippen LogP contribution is -2.38. The van der Waals surface area contributed by atoms with Gasteiger partial charge in [-0.2, -0.15) is 0 Å². The fourth-order valence-corrected chi connectivity index (χ4v) is 8.06. The Morgan fingerprint density at radius 3 is 1.40 bits per heavy atom. The predicted octanol–water partition coefficient (Wildman–Crippen LogP) is 9.17. The number of esters is 6. The average molecular weight is 1080 g/mol. The number of aliphatic hydroxyl groups is 1. The van der Waals surface area contributed by atoms with E-state index in [1.165, 1.54) is 18.9 Å². The number of para-hydroxylation sites is 1. The first-order valence-electron chi connectivity index (χ1n) is 25.4. The summed E-state index contributed by atoms with van der Waals surface area (Å²) in [5.74, 6) is 0.155. The molecular weight excluding hydrogens is 1000 g/mol. The zero-order valence-electron chi connectivity index (χ0n) is 45.8. The van der Waals surface area contributed by atoms with Crippen LogP contribution in [-0.2, 0) is 67.3 Å². The number of hydrogen-bond acceptors (Lipinski definition) is 17. The Morgan fingerprint density at radius 1 is 0.538 bits per heavy atom. The predicted molar refractivity (Wildman–Crippen MR) is 294 cm³/mol. The molecule has 17 nitrogen and oxygen atoms in total. The Bertz CT molecular complexity index is 2370. The van der Waals surface area contributed by atoms with Gasteiger partial charge in [-0.3, -0.25) is 0 Å². The van der Waals surface area contributed by atoms with E-state index in [0.29, 0.717) is 42.5 Å². The van der Waals surface area contributed by atoms with Gasteiger partial charge in [0.05, 0.1) is 26.4 Å². The maximum atomic E-state index is 11.3. The highest BCUT2D eigenvalue weighted by Crippen LogP contribution is 2.66. The maximum Gasteiger partial charge on any atom is 0.330 e. The third-order valence-electron chi connectivity index (χ3n) is 13.1. The summed E-state index contributed by atoms with van der Waals surface area (Å²) in [6.45, 7) is 33.1. The van der Waals surface area contributed by atoms with Crippen molar-refractivity contribution >= 4 is 35.8 Å². The summed E-state index contributed by atoms with van der Waals surface area (Å²) in [6, 6.07) is 24.9. The van der Waals surface area contributed by atoms with Gasteiger partial charge in [0, 0.05) is 53.7 Å². The molecule has 2 saturated carbocycles. The van der Waals surface area contributed by atoms with E-state index in [1.54, 1.807) is 12.1 Å². The molecule has 2 aliphatic rings. The Hall–Kier alpha value is -7.76. The lowest BCUT2D eigenvalue weighted by molar-refractivity contribution is -0.150. The van der Waals surface area contributed by atoms with E-state index in [0.717, 1.165) is 53.7 Å². The van der Waals surface area contributed by atoms with E-state index in [-0.39, 0.29) is 75.8 Å². The first kappa shape index (κ1) is 66.4. The number of ether oxygens (including phenoxy) is 10. The second-order valence-corrected chi connectivity index (χ2v) is 18.7. The number of hydrogen-bond donors (Lipinski definition) is 1. The van der Waals surface area contributed by atoms with Crippen LogP contribution in [0.1, 0.15) is 71.4 Å². The van der Waals surface area contributed by atoms with Gasteiger partial charge in [-0.1, -0.05) is 117 Å². The number of benzene rings is 3. The molecule has 3 aromatic rings. The number of carbonyl (C=O) groups is 6. The topological polar surface area (TPSA) is 215 Å². The highest BCUT2D eigenvalue weighted by Gasteiger charge is 2.62. The van der Waals surface area contributed by atoms with Crippen LogP contribution in [0.4, 0.5) is 0 Å². The molecule has 0 aromatic heterocycles. The molecule has 5 rings (SSSR count). The molecule has 0 amide bonds. The number of rotatable bonds is 29. The van der Waals surface area contributed by atoms with E-state index < -0.39 is 36.0 Å². The number of aliphatic hydroxyl groups excluding tert-OH is 1. The van der Waals surface area contributed by atoms with E-state index in [2.05, 4.69) is 88.3 Å². The Balaban J connectivity index is 0.000000382. The highest BCUT2D eigenvalue weighted by atomic mass is 16.6. The van der Waals surface area contributed by atoms with Crippen LogP contribution in [0.2, 0.25) is 0 Å². The monoisotopic (exact) mass is 1080 g/mol. The Morgan fingerprint density at radius 2 is 0.962 bits per heavy atom. The van der Waals surface area contributed by atoms with Gasteiger partial charge in [-0.25, -0.2) is 28.8 Å². The molecule has 17 heteroatoms. The molecule has 2 aliphatic carbocycles. The van der Waals surface area contributed by atoms with Gasteiger partial charge in [0.15, 0.2) is 0 Å². The number of fused-ring (bicyclic) bond motifs is 2. The molecule has 2 fully saturated rings. The molecule has 0 spiro atoms. The van der Waals surface area contributed by atoms with Crippen LogP contribution in [0.15, 0.2) is 155 Å². The summed E-state index contributed by atoms with van der Waals surface area (Å²) in [5.41, 5.74) is 2.54. The largest absolute Gasteiger partial charge is 0.493 e. The van der Waals surface area contributed by atoms with Crippen molar-refractivity contribution in [3.63, 3.8) is 0 Å². The second kappa shape index (κ2) is 35.5. The fraction of sp³-hybridized carbons (Fsp3) is 0.410. The van der Waals surface area contributed by atoms with Crippen molar-refractivity contribution in [2.75, 3.05) is 66.1 Å². The van der Waals surface area contributed by atoms with Gasteiger partial charge in [0.1, 0.15) is 69.1 Å². The van der Waals surface area contributed by atoms with Gasteiger partial charge in [0.25, 0.3) is 0 Å². The van der Waals surface area contributed by atoms with Crippen molar-refractivity contribution in [1.82, 2.24) is 0 Å². The molecular formula is C61H78O17. The summed E-state index contributed by atoms with van der Waals surface area (Å²) in [4.78, 5) is 65.1. The molecule has 1 N–H and O–H groups in total. The van der Waals surface area contributed by atoms with E-state index >= 15 is 0 Å². The number of carbonyl (C=O) groups excluding carboxylic acids is 6. The third-order valence-corrected chi connectivity index (χ3v) is 13.1. The molecule has 4 atom stereocenters. The molecule has 0 radical (unpaired) electrons. The molecule has 424 valence electrons. The SMILES string of the molecule is C=CC(=O)OC1CC2CCC1(C)C2(C)C.C=CC(=O)OCC(O)COc1ccccc1.C=CC(=O)OCCCOc1ccc(C(C)(C)c2ccc(OCCOC(=O)C=C)cc2)cc1.C=CC(=O)OCCOCCOC(=O)C=C. The van der Waals surface area contributed by atoms with Gasteiger partial charge in [-0.05, 0) is 78.1 Å². The van der Waals surface area contributed by atoms with Crippen LogP contribution in [0, 0.1) is 16.7 Å². The summed E-state index contributed by atoms with van der Waals surface area (Å²) in [6.07, 6.45) is 10.1. The lowest BCUT2D eigenvalue weighted by Gasteiger charge is -2.38. The fourth-order valence-electron chi connectivity index (χ4n) is 8.06. The van der Waals surface area contributed by atoms with Crippen molar-refractivity contribution in [3.05, 3.63) is 166 Å². The molecule has 78 heavy (non-hydrogen) atoms. The normalized spacial score (nSPS) is 16.5. The molecule has 4 unspecified atom stereocenters. The van der Waals surface area contributed by atoms with Crippen LogP contribution < -0.4 is 14.2 Å². The van der Waals surface area contributed by atoms with Crippen molar-refractivity contribution in [3.8, 4) is 17.2 Å². The lowest BCUT2D eigenvalue weighted by atomic mass is 9.70. The second-order valence-electron chi connectivity index (χ2n) is 18.7. The van der Waals surface area contributed by atoms with E-state index in [9.17, 15) is 33.9 Å². The minimum Gasteiger partial charge on any atom is -0.493 e. The van der Waals surface area contributed by atoms with E-state index in [4.69, 9.17) is 33.2 Å². The maximum absolute atomic E-state index is 11.3.